The van der Waals surface area contributed by atoms with Crippen LogP contribution in [0.15, 0.2) is 52.6 Å². The number of nitrogens with zero attached hydrogens (tertiary/aromatic N) is 1. The number of ketones is 2. The fourth-order valence-electron chi connectivity index (χ4n) is 6.01. The van der Waals surface area contributed by atoms with Crippen LogP contribution < -0.4 is 4.74 Å². The number of hydrogen-bond acceptors (Lipinski definition) is 6. The third kappa shape index (κ3) is 2.95. The van der Waals surface area contributed by atoms with Gasteiger partial charge in [-0.15, -0.1) is 0 Å². The molecule has 0 radical (unpaired) electrons. The molecule has 0 saturated carbocycles. The third-order valence-electron chi connectivity index (χ3n) is 7.52. The van der Waals surface area contributed by atoms with Crippen molar-refractivity contribution >= 4 is 23.4 Å². The standard InChI is InChI=1S/C26H25NO6/c1-4-27-25(31)15-7-6-14-16(22(15)26(27)32)11-18-23(20(29)9-12(2)24(18)30)21(14)17-10-13(33-3)5-8-19(17)28/h5-6,8-10,15-16,21-22,28H,4,7,11H2,1-3H3. The van der Waals surface area contributed by atoms with E-state index in [4.69, 9.17) is 4.74 Å². The van der Waals surface area contributed by atoms with E-state index in [1.54, 1.807) is 26.0 Å². The van der Waals surface area contributed by atoms with E-state index in [-0.39, 0.29) is 35.6 Å². The number of aromatic hydroxyl groups is 1. The Morgan fingerprint density at radius 3 is 2.58 bits per heavy atom. The summed E-state index contributed by atoms with van der Waals surface area (Å²) >= 11 is 0. The lowest BCUT2D eigenvalue weighted by atomic mass is 9.59. The molecule has 1 aromatic rings. The molecule has 0 spiro atoms. The van der Waals surface area contributed by atoms with Crippen molar-refractivity contribution in [2.75, 3.05) is 13.7 Å². The summed E-state index contributed by atoms with van der Waals surface area (Å²) in [5.74, 6) is -2.51. The van der Waals surface area contributed by atoms with E-state index in [9.17, 15) is 24.3 Å². The van der Waals surface area contributed by atoms with E-state index in [1.807, 2.05) is 6.08 Å². The molecule has 4 aliphatic rings. The fraction of sp³-hybridized carbons (Fsp3) is 0.385. The number of allylic oxidation sites excluding steroid dienone is 6. The molecule has 33 heavy (non-hydrogen) atoms. The second-order valence-corrected chi connectivity index (χ2v) is 9.07. The molecule has 5 rings (SSSR count). The highest BCUT2D eigenvalue weighted by molar-refractivity contribution is 6.23. The Morgan fingerprint density at radius 2 is 1.88 bits per heavy atom. The predicted octanol–water partition coefficient (Wildman–Crippen LogP) is 2.85. The first-order valence-electron chi connectivity index (χ1n) is 11.2. The molecule has 4 atom stereocenters. The number of hydrogen-bond donors (Lipinski definition) is 1. The molecular weight excluding hydrogens is 422 g/mol. The normalized spacial score (nSPS) is 28.9. The van der Waals surface area contributed by atoms with Crippen LogP contribution in [-0.4, -0.2) is 47.0 Å². The van der Waals surface area contributed by atoms with Crippen LogP contribution in [0.1, 0.15) is 38.2 Å². The van der Waals surface area contributed by atoms with E-state index in [0.29, 0.717) is 41.0 Å². The molecule has 1 saturated heterocycles. The van der Waals surface area contributed by atoms with Crippen molar-refractivity contribution in [2.24, 2.45) is 17.8 Å². The number of amides is 2. The van der Waals surface area contributed by atoms with Crippen molar-refractivity contribution in [3.63, 3.8) is 0 Å². The van der Waals surface area contributed by atoms with Crippen LogP contribution >= 0.6 is 0 Å². The van der Waals surface area contributed by atoms with Gasteiger partial charge in [0.2, 0.25) is 11.8 Å². The van der Waals surface area contributed by atoms with Gasteiger partial charge in [-0.2, -0.15) is 0 Å². The maximum Gasteiger partial charge on any atom is 0.233 e. The van der Waals surface area contributed by atoms with Crippen LogP contribution in [0.5, 0.6) is 11.5 Å². The molecule has 1 aromatic carbocycles. The van der Waals surface area contributed by atoms with Crippen LogP contribution in [0.4, 0.5) is 0 Å². The number of rotatable bonds is 3. The molecule has 1 fully saturated rings. The summed E-state index contributed by atoms with van der Waals surface area (Å²) in [6.45, 7) is 3.69. The van der Waals surface area contributed by atoms with Crippen molar-refractivity contribution in [1.29, 1.82) is 0 Å². The Morgan fingerprint density at radius 1 is 1.12 bits per heavy atom. The van der Waals surface area contributed by atoms with Crippen LogP contribution in [-0.2, 0) is 19.2 Å². The number of phenols is 1. The van der Waals surface area contributed by atoms with Crippen molar-refractivity contribution in [2.45, 2.75) is 32.6 Å². The summed E-state index contributed by atoms with van der Waals surface area (Å²) in [7, 11) is 1.51. The third-order valence-corrected chi connectivity index (χ3v) is 7.52. The van der Waals surface area contributed by atoms with Gasteiger partial charge in [-0.05, 0) is 56.9 Å². The molecule has 0 bridgehead atoms. The second kappa shape index (κ2) is 7.54. The quantitative estimate of drug-likeness (QED) is 0.434. The van der Waals surface area contributed by atoms with Gasteiger partial charge < -0.3 is 9.84 Å². The smallest absolute Gasteiger partial charge is 0.233 e. The highest BCUT2D eigenvalue weighted by atomic mass is 16.5. The molecule has 0 aromatic heterocycles. The number of Topliss-reactive ketones (excluding diaryl/α,β-unsaturated/α-hetero) is 1. The van der Waals surface area contributed by atoms with E-state index in [0.717, 1.165) is 5.57 Å². The number of carbonyl (C=O) groups excluding carboxylic acids is 4. The second-order valence-electron chi connectivity index (χ2n) is 9.07. The Balaban J connectivity index is 1.73. The molecule has 3 aliphatic carbocycles. The molecule has 7 nitrogen and oxygen atoms in total. The highest BCUT2D eigenvalue weighted by Gasteiger charge is 2.56. The van der Waals surface area contributed by atoms with Gasteiger partial charge in [0.15, 0.2) is 11.6 Å². The molecule has 1 N–H and O–H groups in total. The van der Waals surface area contributed by atoms with Crippen molar-refractivity contribution in [3.05, 3.63) is 58.2 Å². The molecule has 4 unspecified atom stereocenters. The lowest BCUT2D eigenvalue weighted by Crippen LogP contribution is -2.39. The minimum Gasteiger partial charge on any atom is -0.508 e. The average molecular weight is 447 g/mol. The zero-order valence-corrected chi connectivity index (χ0v) is 18.8. The summed E-state index contributed by atoms with van der Waals surface area (Å²) in [5, 5.41) is 10.8. The minimum absolute atomic E-state index is 0.0214. The number of imide groups is 1. The average Bonchev–Trinajstić information content (AvgIpc) is 3.06. The van der Waals surface area contributed by atoms with Crippen LogP contribution in [0.2, 0.25) is 0 Å². The van der Waals surface area contributed by atoms with Crippen molar-refractivity contribution in [1.82, 2.24) is 4.90 Å². The summed E-state index contributed by atoms with van der Waals surface area (Å²) in [6, 6.07) is 4.79. The van der Waals surface area contributed by atoms with Crippen molar-refractivity contribution < 1.29 is 29.0 Å². The largest absolute Gasteiger partial charge is 0.508 e. The Bertz CT molecular complexity index is 1220. The lowest BCUT2D eigenvalue weighted by Gasteiger charge is -2.42. The van der Waals surface area contributed by atoms with Gasteiger partial charge in [0, 0.05) is 34.7 Å². The number of likely N-dealkylation sites (tertiary alicyclic amines) is 1. The molecule has 170 valence electrons. The maximum absolute atomic E-state index is 13.2. The Kier molecular flexibility index (Phi) is 4.88. The summed E-state index contributed by atoms with van der Waals surface area (Å²) in [4.78, 5) is 53.8. The SMILES string of the molecule is CCN1C(=O)C2CC=C3C(c4cc(OC)ccc4O)C4=C(CC3C2C1=O)C(=O)C(C)=CC4=O. The first-order chi connectivity index (χ1) is 15.8. The Labute approximate surface area is 191 Å². The van der Waals surface area contributed by atoms with E-state index >= 15 is 0 Å². The number of ether oxygens (including phenoxy) is 1. The molecule has 2 amide bonds. The number of methoxy groups -OCH3 is 1. The van der Waals surface area contributed by atoms with Gasteiger partial charge in [0.1, 0.15) is 11.5 Å². The Hall–Kier alpha value is -3.48. The van der Waals surface area contributed by atoms with Crippen LogP contribution in [0.3, 0.4) is 0 Å². The minimum atomic E-state index is -0.686. The maximum atomic E-state index is 13.2. The van der Waals surface area contributed by atoms with Gasteiger partial charge in [-0.25, -0.2) is 0 Å². The summed E-state index contributed by atoms with van der Waals surface area (Å²) in [6.07, 6.45) is 3.90. The number of fused-ring (bicyclic) bond motifs is 3. The van der Waals surface area contributed by atoms with Gasteiger partial charge in [-0.3, -0.25) is 24.1 Å². The summed E-state index contributed by atoms with van der Waals surface area (Å²) < 4.78 is 5.35. The van der Waals surface area contributed by atoms with E-state index in [2.05, 4.69) is 0 Å². The zero-order valence-electron chi connectivity index (χ0n) is 18.8. The number of carbonyl (C=O) groups is 4. The van der Waals surface area contributed by atoms with Gasteiger partial charge in [0.25, 0.3) is 0 Å². The van der Waals surface area contributed by atoms with Crippen molar-refractivity contribution in [3.8, 4) is 11.5 Å². The summed E-state index contributed by atoms with van der Waals surface area (Å²) in [5.41, 5.74) is 2.35. The van der Waals surface area contributed by atoms with E-state index in [1.165, 1.54) is 24.2 Å². The predicted molar refractivity (Wildman–Crippen MR) is 118 cm³/mol. The zero-order chi connectivity index (χ0) is 23.6. The van der Waals surface area contributed by atoms with E-state index < -0.39 is 23.7 Å². The molecule has 1 aliphatic heterocycles. The first-order valence-corrected chi connectivity index (χ1v) is 11.2. The molecular formula is C26H25NO6. The van der Waals surface area contributed by atoms with Gasteiger partial charge >= 0.3 is 0 Å². The van der Waals surface area contributed by atoms with Crippen LogP contribution in [0, 0.1) is 17.8 Å². The van der Waals surface area contributed by atoms with Crippen LogP contribution in [0.25, 0.3) is 0 Å². The lowest BCUT2D eigenvalue weighted by molar-refractivity contribution is -0.139. The number of phenolic OH excluding ortho intramolecular Hbond substituents is 1. The first kappa shape index (κ1) is 21.4. The highest BCUT2D eigenvalue weighted by Crippen LogP contribution is 2.56. The molecule has 7 heteroatoms. The van der Waals surface area contributed by atoms with Gasteiger partial charge in [0.05, 0.1) is 18.9 Å². The van der Waals surface area contributed by atoms with Gasteiger partial charge in [-0.1, -0.05) is 11.6 Å². The monoisotopic (exact) mass is 447 g/mol. The fourth-order valence-corrected chi connectivity index (χ4v) is 6.01. The topological polar surface area (TPSA) is 101 Å². The molecule has 1 heterocycles. The number of benzene rings is 1.